The minimum Gasteiger partial charge on any atom is -0.394 e. The van der Waals surface area contributed by atoms with E-state index in [1.807, 2.05) is 0 Å². The number of aliphatic hydroxyl groups is 3. The number of rotatable bonds is 1. The Morgan fingerprint density at radius 1 is 1.17 bits per heavy atom. The molecule has 0 amide bonds. The van der Waals surface area contributed by atoms with Crippen LogP contribution in [0.15, 0.2) is 0 Å². The molecule has 0 radical (unpaired) electrons. The van der Waals surface area contributed by atoms with Gasteiger partial charge >= 0.3 is 0 Å². The predicted molar refractivity (Wildman–Crippen MR) is 33.8 cm³/mol. The maximum absolute atomic E-state index is 12.5. The maximum Gasteiger partial charge on any atom is 0.233 e. The van der Waals surface area contributed by atoms with Crippen molar-refractivity contribution in [2.45, 2.75) is 30.8 Å². The first-order valence-electron chi connectivity index (χ1n) is 3.48. The zero-order chi connectivity index (χ0) is 9.30. The van der Waals surface area contributed by atoms with Crippen LogP contribution >= 0.6 is 0 Å². The van der Waals surface area contributed by atoms with Crippen LogP contribution in [0, 0.1) is 0 Å². The molecule has 1 rings (SSSR count). The largest absolute Gasteiger partial charge is 0.394 e. The quantitative estimate of drug-likeness (QED) is 0.475. The van der Waals surface area contributed by atoms with Crippen molar-refractivity contribution in [1.82, 2.24) is 0 Å². The summed E-state index contributed by atoms with van der Waals surface area (Å²) in [6, 6.07) is 0. The lowest BCUT2D eigenvalue weighted by Crippen LogP contribution is -2.55. The van der Waals surface area contributed by atoms with E-state index in [1.54, 1.807) is 0 Å². The molecule has 1 aliphatic heterocycles. The molecule has 1 aliphatic rings. The molecular formula is C6H10F2O4. The average Bonchev–Trinajstić information content (AvgIpc) is 2.08. The van der Waals surface area contributed by atoms with Crippen LogP contribution < -0.4 is 0 Å². The molecule has 1 heterocycles. The highest BCUT2D eigenvalue weighted by Gasteiger charge is 2.44. The van der Waals surface area contributed by atoms with Crippen molar-refractivity contribution < 1.29 is 28.8 Å². The van der Waals surface area contributed by atoms with Gasteiger partial charge in [-0.15, -0.1) is 0 Å². The van der Waals surface area contributed by atoms with E-state index in [0.717, 1.165) is 0 Å². The summed E-state index contributed by atoms with van der Waals surface area (Å²) in [5.41, 5.74) is 0. The molecule has 0 aromatic rings. The summed E-state index contributed by atoms with van der Waals surface area (Å²) >= 11 is 0. The van der Waals surface area contributed by atoms with Gasteiger partial charge in [0.25, 0.3) is 0 Å². The highest BCUT2D eigenvalue weighted by atomic mass is 19.2. The Labute approximate surface area is 67.4 Å². The number of hydrogen-bond donors (Lipinski definition) is 3. The Hall–Kier alpha value is -0.300. The highest BCUT2D eigenvalue weighted by molar-refractivity contribution is 4.88. The van der Waals surface area contributed by atoms with Gasteiger partial charge in [-0.25, -0.2) is 8.78 Å². The molecule has 0 unspecified atom stereocenters. The molecule has 1 saturated heterocycles. The van der Waals surface area contributed by atoms with Crippen molar-refractivity contribution in [2.75, 3.05) is 6.61 Å². The Kier molecular flexibility index (Phi) is 2.94. The second-order valence-corrected chi connectivity index (χ2v) is 2.63. The standard InChI is InChI=1S/C6H10F2O4/c7-3-5(11)4(10)2(1-9)12-6(3)8/h2-6,9-11H,1H2/t2-,3-,4-,5-,6+/m1/s1. The van der Waals surface area contributed by atoms with Gasteiger partial charge in [-0.1, -0.05) is 0 Å². The van der Waals surface area contributed by atoms with Crippen LogP contribution in [0.2, 0.25) is 0 Å². The van der Waals surface area contributed by atoms with E-state index >= 15 is 0 Å². The van der Waals surface area contributed by atoms with Crippen molar-refractivity contribution in [3.63, 3.8) is 0 Å². The van der Waals surface area contributed by atoms with Gasteiger partial charge in [0.1, 0.15) is 18.3 Å². The van der Waals surface area contributed by atoms with Gasteiger partial charge in [-0.05, 0) is 0 Å². The van der Waals surface area contributed by atoms with Crippen LogP contribution in [-0.4, -0.2) is 52.8 Å². The third-order valence-corrected chi connectivity index (χ3v) is 1.79. The summed E-state index contributed by atoms with van der Waals surface area (Å²) < 4.78 is 29.2. The topological polar surface area (TPSA) is 69.9 Å². The first-order chi connectivity index (χ1) is 5.57. The van der Waals surface area contributed by atoms with Gasteiger partial charge in [0, 0.05) is 0 Å². The van der Waals surface area contributed by atoms with E-state index in [-0.39, 0.29) is 0 Å². The van der Waals surface area contributed by atoms with Crippen LogP contribution in [-0.2, 0) is 4.74 Å². The first-order valence-corrected chi connectivity index (χ1v) is 3.48. The van der Waals surface area contributed by atoms with Crippen LogP contribution in [0.1, 0.15) is 0 Å². The minimum absolute atomic E-state index is 0.661. The fourth-order valence-electron chi connectivity index (χ4n) is 1.04. The molecule has 0 aromatic carbocycles. The molecule has 72 valence electrons. The van der Waals surface area contributed by atoms with E-state index < -0.39 is 37.4 Å². The lowest BCUT2D eigenvalue weighted by molar-refractivity contribution is -0.246. The zero-order valence-electron chi connectivity index (χ0n) is 6.10. The normalized spacial score (nSPS) is 49.2. The van der Waals surface area contributed by atoms with Gasteiger partial charge in [0.15, 0.2) is 6.17 Å². The molecule has 6 heteroatoms. The Balaban J connectivity index is 2.63. The fraction of sp³-hybridized carbons (Fsp3) is 1.00. The summed E-state index contributed by atoms with van der Waals surface area (Å²) in [6.07, 6.45) is -9.24. The van der Waals surface area contributed by atoms with Crippen LogP contribution in [0.5, 0.6) is 0 Å². The van der Waals surface area contributed by atoms with Crippen molar-refractivity contribution in [3.05, 3.63) is 0 Å². The molecule has 0 aliphatic carbocycles. The number of ether oxygens (including phenoxy) is 1. The summed E-state index contributed by atoms with van der Waals surface area (Å²) in [7, 11) is 0. The number of aliphatic hydroxyl groups excluding tert-OH is 3. The van der Waals surface area contributed by atoms with Gasteiger partial charge in [0.2, 0.25) is 6.36 Å². The summed E-state index contributed by atoms with van der Waals surface area (Å²) in [4.78, 5) is 0. The van der Waals surface area contributed by atoms with Gasteiger partial charge in [-0.3, -0.25) is 0 Å². The SMILES string of the molecule is OC[C@H]1O[C@H](F)[C@H](F)[C@@H](O)[C@@H]1O. The Morgan fingerprint density at radius 3 is 2.25 bits per heavy atom. The van der Waals surface area contributed by atoms with Crippen molar-refractivity contribution in [2.24, 2.45) is 0 Å². The number of halogens is 2. The molecule has 3 N–H and O–H groups in total. The fourth-order valence-corrected chi connectivity index (χ4v) is 1.04. The third kappa shape index (κ3) is 1.56. The average molecular weight is 184 g/mol. The third-order valence-electron chi connectivity index (χ3n) is 1.79. The lowest BCUT2D eigenvalue weighted by atomic mass is 10.0. The van der Waals surface area contributed by atoms with Crippen LogP contribution in [0.3, 0.4) is 0 Å². The molecule has 0 saturated carbocycles. The molecule has 5 atom stereocenters. The molecule has 1 fully saturated rings. The molecule has 0 aromatic heterocycles. The van der Waals surface area contributed by atoms with E-state index in [2.05, 4.69) is 4.74 Å². The van der Waals surface area contributed by atoms with Crippen molar-refractivity contribution in [1.29, 1.82) is 0 Å². The zero-order valence-corrected chi connectivity index (χ0v) is 6.10. The predicted octanol–water partition coefficient (Wildman–Crippen LogP) is -1.27. The monoisotopic (exact) mass is 184 g/mol. The first kappa shape index (κ1) is 9.79. The van der Waals surface area contributed by atoms with Crippen molar-refractivity contribution in [3.8, 4) is 0 Å². The van der Waals surface area contributed by atoms with Gasteiger partial charge < -0.3 is 20.1 Å². The van der Waals surface area contributed by atoms with Crippen LogP contribution in [0.4, 0.5) is 8.78 Å². The summed E-state index contributed by atoms with van der Waals surface area (Å²) in [5, 5.41) is 26.3. The second kappa shape index (κ2) is 3.61. The van der Waals surface area contributed by atoms with E-state index in [1.165, 1.54) is 0 Å². The Morgan fingerprint density at radius 2 is 1.75 bits per heavy atom. The van der Waals surface area contributed by atoms with Gasteiger partial charge in [0.05, 0.1) is 6.61 Å². The second-order valence-electron chi connectivity index (χ2n) is 2.63. The molecule has 4 nitrogen and oxygen atoms in total. The number of hydrogen-bond acceptors (Lipinski definition) is 4. The smallest absolute Gasteiger partial charge is 0.233 e. The molecular weight excluding hydrogens is 174 g/mol. The Bertz CT molecular complexity index is 152. The summed E-state index contributed by atoms with van der Waals surface area (Å²) in [5.74, 6) is 0. The highest BCUT2D eigenvalue weighted by Crippen LogP contribution is 2.23. The number of alkyl halides is 2. The maximum atomic E-state index is 12.5. The van der Waals surface area contributed by atoms with Gasteiger partial charge in [-0.2, -0.15) is 0 Å². The molecule has 12 heavy (non-hydrogen) atoms. The van der Waals surface area contributed by atoms with E-state index in [0.29, 0.717) is 0 Å². The lowest BCUT2D eigenvalue weighted by Gasteiger charge is -2.35. The minimum atomic E-state index is -2.29. The molecule has 0 bridgehead atoms. The van der Waals surface area contributed by atoms with E-state index in [4.69, 9.17) is 15.3 Å². The van der Waals surface area contributed by atoms with Crippen LogP contribution in [0.25, 0.3) is 0 Å². The molecule has 0 spiro atoms. The summed E-state index contributed by atoms with van der Waals surface area (Å²) in [6.45, 7) is -0.661. The van der Waals surface area contributed by atoms with E-state index in [9.17, 15) is 8.78 Å². The van der Waals surface area contributed by atoms with Crippen molar-refractivity contribution >= 4 is 0 Å².